The number of alkyl halides is 3. The van der Waals surface area contributed by atoms with E-state index >= 15 is 0 Å². The zero-order valence-corrected chi connectivity index (χ0v) is 8.32. The SMILES string of the molecule is CC=Cc1ccc(SC(F)(F)F)cc1. The van der Waals surface area contributed by atoms with Crippen LogP contribution in [0.25, 0.3) is 6.08 Å². The van der Waals surface area contributed by atoms with Crippen LogP contribution in [-0.2, 0) is 0 Å². The fraction of sp³-hybridized carbons (Fsp3) is 0.200. The lowest BCUT2D eigenvalue weighted by Gasteiger charge is -2.04. The van der Waals surface area contributed by atoms with E-state index in [4.69, 9.17) is 0 Å². The summed E-state index contributed by atoms with van der Waals surface area (Å²) in [6.45, 7) is 1.86. The zero-order chi connectivity index (χ0) is 10.6. The molecule has 0 aliphatic heterocycles. The van der Waals surface area contributed by atoms with E-state index in [-0.39, 0.29) is 16.7 Å². The smallest absolute Gasteiger partial charge is 0.160 e. The van der Waals surface area contributed by atoms with Crippen LogP contribution in [0.1, 0.15) is 12.5 Å². The molecule has 0 fully saturated rings. The molecule has 76 valence electrons. The number of hydrogen-bond donors (Lipinski definition) is 0. The normalized spacial score (nSPS) is 12.3. The van der Waals surface area contributed by atoms with Crippen LogP contribution in [0.5, 0.6) is 0 Å². The minimum Gasteiger partial charge on any atom is -0.160 e. The average Bonchev–Trinajstić information content (AvgIpc) is 2.06. The first kappa shape index (κ1) is 11.2. The Hall–Kier alpha value is -0.900. The Morgan fingerprint density at radius 2 is 1.71 bits per heavy atom. The molecule has 0 N–H and O–H groups in total. The van der Waals surface area contributed by atoms with Crippen LogP contribution in [0.4, 0.5) is 13.2 Å². The molecular formula is C10H9F3S. The second-order valence-electron chi connectivity index (χ2n) is 2.62. The summed E-state index contributed by atoms with van der Waals surface area (Å²) in [6.07, 6.45) is 3.67. The standard InChI is InChI=1S/C10H9F3S/c1-2-3-8-4-6-9(7-5-8)14-10(11,12)13/h2-7H,1H3. The van der Waals surface area contributed by atoms with Crippen molar-refractivity contribution in [2.24, 2.45) is 0 Å². The Morgan fingerprint density at radius 3 is 2.14 bits per heavy atom. The van der Waals surface area contributed by atoms with Crippen LogP contribution in [0.15, 0.2) is 35.2 Å². The molecule has 0 atom stereocenters. The van der Waals surface area contributed by atoms with Crippen molar-refractivity contribution in [1.82, 2.24) is 0 Å². The van der Waals surface area contributed by atoms with Crippen molar-refractivity contribution in [3.63, 3.8) is 0 Å². The topological polar surface area (TPSA) is 0 Å². The van der Waals surface area contributed by atoms with Crippen molar-refractivity contribution in [2.45, 2.75) is 17.3 Å². The molecule has 0 unspecified atom stereocenters. The summed E-state index contributed by atoms with van der Waals surface area (Å²) < 4.78 is 35.8. The fourth-order valence-electron chi connectivity index (χ4n) is 0.973. The van der Waals surface area contributed by atoms with Gasteiger partial charge < -0.3 is 0 Å². The fourth-order valence-corrected chi connectivity index (χ4v) is 1.51. The highest BCUT2D eigenvalue weighted by Gasteiger charge is 2.28. The predicted octanol–water partition coefficient (Wildman–Crippen LogP) is 4.33. The van der Waals surface area contributed by atoms with Gasteiger partial charge in [0.25, 0.3) is 0 Å². The summed E-state index contributed by atoms with van der Waals surface area (Å²) in [5.41, 5.74) is -3.30. The van der Waals surface area contributed by atoms with E-state index in [0.29, 0.717) is 0 Å². The zero-order valence-electron chi connectivity index (χ0n) is 7.51. The van der Waals surface area contributed by atoms with E-state index < -0.39 is 5.51 Å². The average molecular weight is 218 g/mol. The van der Waals surface area contributed by atoms with Gasteiger partial charge in [0.1, 0.15) is 0 Å². The van der Waals surface area contributed by atoms with E-state index in [9.17, 15) is 13.2 Å². The second kappa shape index (κ2) is 4.55. The maximum absolute atomic E-state index is 11.9. The van der Waals surface area contributed by atoms with Gasteiger partial charge in [-0.2, -0.15) is 13.2 Å². The summed E-state index contributed by atoms with van der Waals surface area (Å²) in [4.78, 5) is 0.214. The number of halogens is 3. The minimum atomic E-state index is -4.21. The summed E-state index contributed by atoms with van der Waals surface area (Å²) in [6, 6.07) is 6.25. The van der Waals surface area contributed by atoms with Gasteiger partial charge in [0.2, 0.25) is 0 Å². The van der Waals surface area contributed by atoms with Crippen molar-refractivity contribution in [3.8, 4) is 0 Å². The maximum atomic E-state index is 11.9. The molecule has 0 aliphatic rings. The van der Waals surface area contributed by atoms with Gasteiger partial charge in [-0.15, -0.1) is 0 Å². The maximum Gasteiger partial charge on any atom is 0.446 e. The summed E-state index contributed by atoms with van der Waals surface area (Å²) >= 11 is -0.0966. The van der Waals surface area contributed by atoms with Crippen LogP contribution in [0.2, 0.25) is 0 Å². The molecule has 0 amide bonds. The van der Waals surface area contributed by atoms with Gasteiger partial charge in [0, 0.05) is 4.90 Å². The molecule has 0 nitrogen and oxygen atoms in total. The molecule has 0 saturated carbocycles. The van der Waals surface area contributed by atoms with E-state index in [0.717, 1.165) is 5.56 Å². The molecule has 1 aromatic carbocycles. The van der Waals surface area contributed by atoms with Crippen LogP contribution in [0, 0.1) is 0 Å². The molecule has 14 heavy (non-hydrogen) atoms. The Morgan fingerprint density at radius 1 is 1.14 bits per heavy atom. The van der Waals surface area contributed by atoms with Gasteiger partial charge in [-0.1, -0.05) is 24.3 Å². The van der Waals surface area contributed by atoms with Gasteiger partial charge in [-0.25, -0.2) is 0 Å². The molecule has 0 radical (unpaired) electrons. The van der Waals surface area contributed by atoms with Gasteiger partial charge in [-0.3, -0.25) is 0 Å². The third-order valence-corrected chi connectivity index (χ3v) is 2.21. The highest BCUT2D eigenvalue weighted by molar-refractivity contribution is 8.00. The highest BCUT2D eigenvalue weighted by Crippen LogP contribution is 2.36. The molecular weight excluding hydrogens is 209 g/mol. The Balaban J connectivity index is 2.74. The number of allylic oxidation sites excluding steroid dienone is 1. The second-order valence-corrected chi connectivity index (χ2v) is 3.76. The number of hydrogen-bond acceptors (Lipinski definition) is 1. The highest BCUT2D eigenvalue weighted by atomic mass is 32.2. The third kappa shape index (κ3) is 3.87. The van der Waals surface area contributed by atoms with Crippen LogP contribution < -0.4 is 0 Å². The van der Waals surface area contributed by atoms with Crippen molar-refractivity contribution >= 4 is 17.8 Å². The van der Waals surface area contributed by atoms with E-state index in [2.05, 4.69) is 0 Å². The van der Waals surface area contributed by atoms with E-state index in [1.165, 1.54) is 12.1 Å². The number of rotatable bonds is 2. The lowest BCUT2D eigenvalue weighted by atomic mass is 10.2. The summed E-state index contributed by atoms with van der Waals surface area (Å²) in [5, 5.41) is 0. The number of benzene rings is 1. The summed E-state index contributed by atoms with van der Waals surface area (Å²) in [7, 11) is 0. The van der Waals surface area contributed by atoms with Crippen molar-refractivity contribution in [1.29, 1.82) is 0 Å². The van der Waals surface area contributed by atoms with Crippen LogP contribution in [0.3, 0.4) is 0 Å². The molecule has 1 aromatic rings. The minimum absolute atomic E-state index is 0.0966. The van der Waals surface area contributed by atoms with Gasteiger partial charge in [0.05, 0.1) is 0 Å². The van der Waals surface area contributed by atoms with Gasteiger partial charge >= 0.3 is 5.51 Å². The van der Waals surface area contributed by atoms with Crippen LogP contribution in [-0.4, -0.2) is 5.51 Å². The van der Waals surface area contributed by atoms with Crippen molar-refractivity contribution in [3.05, 3.63) is 35.9 Å². The third-order valence-electron chi connectivity index (χ3n) is 1.47. The Kier molecular flexibility index (Phi) is 3.63. The summed E-state index contributed by atoms with van der Waals surface area (Å²) in [5.74, 6) is 0. The van der Waals surface area contributed by atoms with E-state index in [1.54, 1.807) is 12.1 Å². The molecule has 0 aliphatic carbocycles. The lowest BCUT2D eigenvalue weighted by Crippen LogP contribution is -1.98. The first-order valence-corrected chi connectivity index (χ1v) is 4.81. The molecule has 4 heteroatoms. The van der Waals surface area contributed by atoms with Gasteiger partial charge in [0.15, 0.2) is 0 Å². The van der Waals surface area contributed by atoms with Crippen LogP contribution >= 0.6 is 11.8 Å². The Labute approximate surface area is 84.8 Å². The quantitative estimate of drug-likeness (QED) is 0.666. The molecule has 0 spiro atoms. The lowest BCUT2D eigenvalue weighted by molar-refractivity contribution is -0.0328. The molecule has 0 bridgehead atoms. The number of thioether (sulfide) groups is 1. The van der Waals surface area contributed by atoms with Gasteiger partial charge in [-0.05, 0) is 36.4 Å². The first-order valence-electron chi connectivity index (χ1n) is 4.00. The first-order chi connectivity index (χ1) is 6.51. The van der Waals surface area contributed by atoms with Crippen molar-refractivity contribution in [2.75, 3.05) is 0 Å². The molecule has 1 rings (SSSR count). The molecule has 0 saturated heterocycles. The van der Waals surface area contributed by atoms with Crippen molar-refractivity contribution < 1.29 is 13.2 Å². The largest absolute Gasteiger partial charge is 0.446 e. The molecule has 0 aromatic heterocycles. The monoisotopic (exact) mass is 218 g/mol. The molecule has 0 heterocycles. The predicted molar refractivity (Wildman–Crippen MR) is 53.1 cm³/mol. The Bertz CT molecular complexity index is 311. The van der Waals surface area contributed by atoms with E-state index in [1.807, 2.05) is 19.1 Å².